The van der Waals surface area contributed by atoms with E-state index < -0.39 is 6.10 Å². The molecule has 21 heavy (non-hydrogen) atoms. The van der Waals surface area contributed by atoms with Gasteiger partial charge in [-0.3, -0.25) is 0 Å². The molecule has 0 radical (unpaired) electrons. The average Bonchev–Trinajstić information content (AvgIpc) is 2.52. The van der Waals surface area contributed by atoms with Crippen LogP contribution in [0.15, 0.2) is 42.5 Å². The summed E-state index contributed by atoms with van der Waals surface area (Å²) in [5.74, 6) is 2.14. The van der Waals surface area contributed by atoms with Gasteiger partial charge >= 0.3 is 0 Å². The van der Waals surface area contributed by atoms with Gasteiger partial charge in [-0.25, -0.2) is 0 Å². The minimum Gasteiger partial charge on any atom is -0.493 e. The van der Waals surface area contributed by atoms with Crippen LogP contribution in [-0.4, -0.2) is 19.3 Å². The third-order valence-electron chi connectivity index (χ3n) is 3.22. The van der Waals surface area contributed by atoms with Crippen LogP contribution in [0.4, 0.5) is 0 Å². The molecule has 1 unspecified atom stereocenters. The van der Waals surface area contributed by atoms with Crippen molar-refractivity contribution in [3.63, 3.8) is 0 Å². The molecule has 1 N–H and O–H groups in total. The summed E-state index contributed by atoms with van der Waals surface area (Å²) in [7, 11) is 3.22. The Morgan fingerprint density at radius 2 is 1.62 bits per heavy atom. The molecule has 0 aliphatic carbocycles. The molecule has 2 aromatic rings. The van der Waals surface area contributed by atoms with Crippen molar-refractivity contribution < 1.29 is 19.3 Å². The predicted molar refractivity (Wildman–Crippen MR) is 81.0 cm³/mol. The second kappa shape index (κ2) is 6.99. The molecule has 0 heterocycles. The van der Waals surface area contributed by atoms with Crippen molar-refractivity contribution in [1.82, 2.24) is 0 Å². The van der Waals surface area contributed by atoms with E-state index in [0.29, 0.717) is 18.1 Å². The fourth-order valence-corrected chi connectivity index (χ4v) is 1.98. The van der Waals surface area contributed by atoms with Gasteiger partial charge < -0.3 is 19.3 Å². The minimum atomic E-state index is -0.468. The van der Waals surface area contributed by atoms with Crippen LogP contribution >= 0.6 is 0 Å². The van der Waals surface area contributed by atoms with E-state index in [-0.39, 0.29) is 0 Å². The lowest BCUT2D eigenvalue weighted by molar-refractivity contribution is 0.199. The second-order valence-corrected chi connectivity index (χ2v) is 4.72. The Morgan fingerprint density at radius 3 is 2.19 bits per heavy atom. The van der Waals surface area contributed by atoms with E-state index in [0.717, 1.165) is 16.9 Å². The molecule has 2 aromatic carbocycles. The zero-order valence-electron chi connectivity index (χ0n) is 12.5. The molecule has 0 spiro atoms. The first-order valence-electron chi connectivity index (χ1n) is 6.75. The van der Waals surface area contributed by atoms with Crippen molar-refractivity contribution >= 4 is 0 Å². The van der Waals surface area contributed by atoms with Gasteiger partial charge in [-0.05, 0) is 42.3 Å². The topological polar surface area (TPSA) is 47.9 Å². The lowest BCUT2D eigenvalue weighted by Crippen LogP contribution is -1.98. The number of methoxy groups -OCH3 is 2. The third kappa shape index (κ3) is 3.89. The number of aliphatic hydroxyl groups excluding tert-OH is 1. The first-order chi connectivity index (χ1) is 10.1. The van der Waals surface area contributed by atoms with Crippen LogP contribution in [0.25, 0.3) is 0 Å². The second-order valence-electron chi connectivity index (χ2n) is 4.72. The summed E-state index contributed by atoms with van der Waals surface area (Å²) in [6.45, 7) is 2.17. The van der Waals surface area contributed by atoms with Gasteiger partial charge in [-0.1, -0.05) is 18.2 Å². The molecule has 4 heteroatoms. The molecule has 0 aliphatic rings. The summed E-state index contributed by atoms with van der Waals surface area (Å²) < 4.78 is 16.2. The van der Waals surface area contributed by atoms with Gasteiger partial charge in [0.25, 0.3) is 0 Å². The molecule has 1 atom stereocenters. The average molecular weight is 288 g/mol. The van der Waals surface area contributed by atoms with Gasteiger partial charge in [0.15, 0.2) is 11.5 Å². The fourth-order valence-electron chi connectivity index (χ4n) is 1.98. The molecular weight excluding hydrogens is 268 g/mol. The molecule has 0 aromatic heterocycles. The van der Waals surface area contributed by atoms with Crippen LogP contribution in [0.3, 0.4) is 0 Å². The Hall–Kier alpha value is -2.20. The van der Waals surface area contributed by atoms with Crippen LogP contribution in [0.2, 0.25) is 0 Å². The third-order valence-corrected chi connectivity index (χ3v) is 3.22. The summed E-state index contributed by atoms with van der Waals surface area (Å²) in [5.41, 5.74) is 1.86. The molecule has 0 fully saturated rings. The molecule has 4 nitrogen and oxygen atoms in total. The Labute approximate surface area is 124 Å². The van der Waals surface area contributed by atoms with Crippen molar-refractivity contribution in [3.05, 3.63) is 53.6 Å². The molecule has 2 rings (SSSR count). The van der Waals surface area contributed by atoms with Crippen molar-refractivity contribution in [2.45, 2.75) is 19.6 Å². The Morgan fingerprint density at radius 1 is 0.952 bits per heavy atom. The van der Waals surface area contributed by atoms with E-state index in [4.69, 9.17) is 14.2 Å². The number of ether oxygens (including phenoxy) is 3. The van der Waals surface area contributed by atoms with Gasteiger partial charge in [0, 0.05) is 0 Å². The lowest BCUT2D eigenvalue weighted by Gasteiger charge is -2.11. The van der Waals surface area contributed by atoms with Crippen LogP contribution in [0, 0.1) is 0 Å². The van der Waals surface area contributed by atoms with Gasteiger partial charge in [0.05, 0.1) is 20.3 Å². The smallest absolute Gasteiger partial charge is 0.161 e. The van der Waals surface area contributed by atoms with Crippen molar-refractivity contribution in [3.8, 4) is 17.2 Å². The minimum absolute atomic E-state index is 0.439. The monoisotopic (exact) mass is 288 g/mol. The Kier molecular flexibility index (Phi) is 5.06. The van der Waals surface area contributed by atoms with Crippen LogP contribution in [0.5, 0.6) is 17.2 Å². The highest BCUT2D eigenvalue weighted by Gasteiger charge is 2.05. The van der Waals surface area contributed by atoms with Gasteiger partial charge in [0.2, 0.25) is 0 Å². The fraction of sp³-hybridized carbons (Fsp3) is 0.294. The zero-order valence-corrected chi connectivity index (χ0v) is 12.5. The van der Waals surface area contributed by atoms with E-state index in [1.807, 2.05) is 42.5 Å². The lowest BCUT2D eigenvalue weighted by atomic mass is 10.1. The predicted octanol–water partition coefficient (Wildman–Crippen LogP) is 3.34. The first-order valence-corrected chi connectivity index (χ1v) is 6.75. The Balaban J connectivity index is 2.02. The number of hydrogen-bond acceptors (Lipinski definition) is 4. The number of aliphatic hydroxyl groups is 1. The van der Waals surface area contributed by atoms with E-state index in [9.17, 15) is 5.11 Å². The van der Waals surface area contributed by atoms with Crippen LogP contribution in [-0.2, 0) is 6.61 Å². The highest BCUT2D eigenvalue weighted by Crippen LogP contribution is 2.28. The molecule has 0 saturated carbocycles. The van der Waals surface area contributed by atoms with E-state index in [2.05, 4.69) is 0 Å². The maximum absolute atomic E-state index is 9.46. The molecular formula is C17H20O4. The summed E-state index contributed by atoms with van der Waals surface area (Å²) in [4.78, 5) is 0. The first kappa shape index (κ1) is 15.2. The molecule has 0 aliphatic heterocycles. The quantitative estimate of drug-likeness (QED) is 0.885. The molecule has 0 amide bonds. The number of rotatable bonds is 6. The molecule has 0 saturated heterocycles. The van der Waals surface area contributed by atoms with E-state index in [1.54, 1.807) is 21.1 Å². The normalized spacial score (nSPS) is 11.8. The maximum Gasteiger partial charge on any atom is 0.161 e. The summed E-state index contributed by atoms with van der Waals surface area (Å²) in [5, 5.41) is 9.46. The van der Waals surface area contributed by atoms with Crippen molar-refractivity contribution in [1.29, 1.82) is 0 Å². The van der Waals surface area contributed by atoms with Gasteiger partial charge in [-0.15, -0.1) is 0 Å². The molecule has 112 valence electrons. The van der Waals surface area contributed by atoms with Crippen LogP contribution < -0.4 is 14.2 Å². The number of benzene rings is 2. The van der Waals surface area contributed by atoms with Crippen molar-refractivity contribution in [2.75, 3.05) is 14.2 Å². The Bertz CT molecular complexity index is 576. The maximum atomic E-state index is 9.46. The zero-order chi connectivity index (χ0) is 15.2. The summed E-state index contributed by atoms with van der Waals surface area (Å²) >= 11 is 0. The highest BCUT2D eigenvalue weighted by atomic mass is 16.5. The largest absolute Gasteiger partial charge is 0.493 e. The summed E-state index contributed by atoms with van der Waals surface area (Å²) in [6.07, 6.45) is -0.468. The van der Waals surface area contributed by atoms with Crippen molar-refractivity contribution in [2.24, 2.45) is 0 Å². The van der Waals surface area contributed by atoms with E-state index in [1.165, 1.54) is 0 Å². The highest BCUT2D eigenvalue weighted by molar-refractivity contribution is 5.42. The molecule has 0 bridgehead atoms. The van der Waals surface area contributed by atoms with E-state index >= 15 is 0 Å². The van der Waals surface area contributed by atoms with Gasteiger partial charge in [-0.2, -0.15) is 0 Å². The van der Waals surface area contributed by atoms with Gasteiger partial charge in [0.1, 0.15) is 12.4 Å². The standard InChI is InChI=1S/C17H20O4/c1-12(18)14-5-7-15(8-6-14)21-11-13-4-9-16(19-2)17(10-13)20-3/h4-10,12,18H,11H2,1-3H3. The SMILES string of the molecule is COc1ccc(COc2ccc(C(C)O)cc2)cc1OC. The summed E-state index contributed by atoms with van der Waals surface area (Å²) in [6, 6.07) is 13.1. The number of hydrogen-bond donors (Lipinski definition) is 1. The van der Waals surface area contributed by atoms with Crippen LogP contribution in [0.1, 0.15) is 24.2 Å².